The van der Waals surface area contributed by atoms with Crippen molar-refractivity contribution in [1.82, 2.24) is 15.5 Å². The van der Waals surface area contributed by atoms with Gasteiger partial charge in [-0.3, -0.25) is 4.79 Å². The molecule has 146 valence electrons. The minimum atomic E-state index is -0.0462. The number of aromatic nitrogens is 2. The molecule has 2 aromatic carbocycles. The Bertz CT molecular complexity index is 909. The first-order valence-electron chi connectivity index (χ1n) is 9.39. The fourth-order valence-electron chi connectivity index (χ4n) is 2.99. The van der Waals surface area contributed by atoms with Crippen LogP contribution in [0.5, 0.6) is 0 Å². The van der Waals surface area contributed by atoms with E-state index in [0.29, 0.717) is 17.0 Å². The number of nitrogens with one attached hydrogen (secondary N) is 1. The highest BCUT2D eigenvalue weighted by molar-refractivity contribution is 7.99. The first kappa shape index (κ1) is 20.1. The van der Waals surface area contributed by atoms with Crippen LogP contribution in [0.2, 0.25) is 0 Å². The zero-order chi connectivity index (χ0) is 19.9. The Morgan fingerprint density at radius 3 is 2.50 bits per heavy atom. The first-order chi connectivity index (χ1) is 13.5. The number of carbonyl (C=O) groups is 1. The van der Waals surface area contributed by atoms with E-state index in [0.717, 1.165) is 23.1 Å². The summed E-state index contributed by atoms with van der Waals surface area (Å²) in [6, 6.07) is 17.9. The fraction of sp³-hybridized carbons (Fsp3) is 0.318. The van der Waals surface area contributed by atoms with Gasteiger partial charge >= 0.3 is 0 Å². The maximum absolute atomic E-state index is 12.5. The second-order valence-electron chi connectivity index (χ2n) is 7.14. The smallest absolute Gasteiger partial charge is 0.277 e. The summed E-state index contributed by atoms with van der Waals surface area (Å²) < 4.78 is 5.72. The van der Waals surface area contributed by atoms with E-state index in [2.05, 4.69) is 29.4 Å². The van der Waals surface area contributed by atoms with Crippen LogP contribution in [0.15, 0.2) is 64.2 Å². The number of carbonyl (C=O) groups excluding carboxylic acids is 1. The van der Waals surface area contributed by atoms with Crippen molar-refractivity contribution < 1.29 is 9.21 Å². The van der Waals surface area contributed by atoms with Crippen LogP contribution in [-0.2, 0) is 4.79 Å². The molecule has 0 fully saturated rings. The van der Waals surface area contributed by atoms with Crippen molar-refractivity contribution in [2.75, 3.05) is 5.75 Å². The summed E-state index contributed by atoms with van der Waals surface area (Å²) in [5, 5.41) is 11.7. The SMILES string of the molecule is Cc1ccccc1-c1nnc(SCC(=O)N[C@H](CC(C)C)c2ccccc2)o1. The predicted octanol–water partition coefficient (Wildman–Crippen LogP) is 5.04. The molecule has 0 bridgehead atoms. The Morgan fingerprint density at radius 2 is 1.79 bits per heavy atom. The van der Waals surface area contributed by atoms with Crippen molar-refractivity contribution in [3.63, 3.8) is 0 Å². The number of aryl methyl sites for hydroxylation is 1. The van der Waals surface area contributed by atoms with Crippen LogP contribution in [0.4, 0.5) is 0 Å². The van der Waals surface area contributed by atoms with Gasteiger partial charge in [-0.15, -0.1) is 10.2 Å². The quantitative estimate of drug-likeness (QED) is 0.541. The summed E-state index contributed by atoms with van der Waals surface area (Å²) in [7, 11) is 0. The lowest BCUT2D eigenvalue weighted by Crippen LogP contribution is -2.30. The number of thioether (sulfide) groups is 1. The molecule has 1 aromatic heterocycles. The highest BCUT2D eigenvalue weighted by Gasteiger charge is 2.17. The van der Waals surface area contributed by atoms with Crippen LogP contribution >= 0.6 is 11.8 Å². The molecule has 28 heavy (non-hydrogen) atoms. The number of hydrogen-bond acceptors (Lipinski definition) is 5. The predicted molar refractivity (Wildman–Crippen MR) is 112 cm³/mol. The van der Waals surface area contributed by atoms with Crippen LogP contribution in [-0.4, -0.2) is 21.9 Å². The molecule has 5 nitrogen and oxygen atoms in total. The Balaban J connectivity index is 1.60. The second kappa shape index (κ2) is 9.55. The number of nitrogens with zero attached hydrogens (tertiary/aromatic N) is 2. The number of rotatable bonds is 8. The average molecular weight is 396 g/mol. The molecule has 0 aliphatic carbocycles. The van der Waals surface area contributed by atoms with Gasteiger partial charge < -0.3 is 9.73 Å². The fourth-order valence-corrected chi connectivity index (χ4v) is 3.56. The second-order valence-corrected chi connectivity index (χ2v) is 8.06. The standard InChI is InChI=1S/C22H25N3O2S/c1-15(2)13-19(17-10-5-4-6-11-17)23-20(26)14-28-22-25-24-21(27-22)18-12-8-7-9-16(18)3/h4-12,15,19H,13-14H2,1-3H3,(H,23,26)/t19-/m1/s1. The average Bonchev–Trinajstić information content (AvgIpc) is 3.15. The topological polar surface area (TPSA) is 68.0 Å². The van der Waals surface area contributed by atoms with Gasteiger partial charge in [0.15, 0.2) is 0 Å². The molecule has 0 saturated carbocycles. The molecule has 0 unspecified atom stereocenters. The van der Waals surface area contributed by atoms with E-state index in [1.807, 2.05) is 61.5 Å². The van der Waals surface area contributed by atoms with Crippen molar-refractivity contribution in [3.8, 4) is 11.5 Å². The van der Waals surface area contributed by atoms with Gasteiger partial charge in [-0.1, -0.05) is 74.1 Å². The van der Waals surface area contributed by atoms with Crippen molar-refractivity contribution in [2.45, 2.75) is 38.5 Å². The van der Waals surface area contributed by atoms with Gasteiger partial charge in [0, 0.05) is 5.56 Å². The molecular weight excluding hydrogens is 370 g/mol. The Kier molecular flexibility index (Phi) is 6.87. The third-order valence-electron chi connectivity index (χ3n) is 4.35. The molecule has 3 rings (SSSR count). The van der Waals surface area contributed by atoms with E-state index in [1.54, 1.807) is 0 Å². The van der Waals surface area contributed by atoms with Crippen molar-refractivity contribution in [1.29, 1.82) is 0 Å². The summed E-state index contributed by atoms with van der Waals surface area (Å²) in [5.41, 5.74) is 3.10. The minimum Gasteiger partial charge on any atom is -0.411 e. The summed E-state index contributed by atoms with van der Waals surface area (Å²) in [6.07, 6.45) is 0.887. The Labute approximate surface area is 170 Å². The van der Waals surface area contributed by atoms with E-state index in [1.165, 1.54) is 11.8 Å². The number of amides is 1. The minimum absolute atomic E-state index is 0.000450. The van der Waals surface area contributed by atoms with Gasteiger partial charge in [-0.25, -0.2) is 0 Å². The van der Waals surface area contributed by atoms with E-state index < -0.39 is 0 Å². The van der Waals surface area contributed by atoms with Gasteiger partial charge in [0.25, 0.3) is 5.22 Å². The molecule has 3 aromatic rings. The van der Waals surface area contributed by atoms with Gasteiger partial charge in [-0.2, -0.15) is 0 Å². The maximum Gasteiger partial charge on any atom is 0.277 e. The monoisotopic (exact) mass is 395 g/mol. The molecule has 0 saturated heterocycles. The van der Waals surface area contributed by atoms with Gasteiger partial charge in [0.2, 0.25) is 11.8 Å². The lowest BCUT2D eigenvalue weighted by Gasteiger charge is -2.21. The van der Waals surface area contributed by atoms with Crippen LogP contribution < -0.4 is 5.32 Å². The van der Waals surface area contributed by atoms with Crippen molar-refractivity contribution in [3.05, 3.63) is 65.7 Å². The summed E-state index contributed by atoms with van der Waals surface area (Å²) in [6.45, 7) is 6.31. The van der Waals surface area contributed by atoms with Crippen LogP contribution in [0.3, 0.4) is 0 Å². The molecule has 0 radical (unpaired) electrons. The van der Waals surface area contributed by atoms with E-state index in [-0.39, 0.29) is 17.7 Å². The zero-order valence-corrected chi connectivity index (χ0v) is 17.2. The van der Waals surface area contributed by atoms with Crippen molar-refractivity contribution in [2.24, 2.45) is 5.92 Å². The van der Waals surface area contributed by atoms with Crippen molar-refractivity contribution >= 4 is 17.7 Å². The van der Waals surface area contributed by atoms with Crippen LogP contribution in [0.25, 0.3) is 11.5 Å². The molecular formula is C22H25N3O2S. The molecule has 0 aliphatic heterocycles. The van der Waals surface area contributed by atoms with E-state index in [9.17, 15) is 4.79 Å². The molecule has 1 N–H and O–H groups in total. The lowest BCUT2D eigenvalue weighted by molar-refractivity contribution is -0.119. The van der Waals surface area contributed by atoms with E-state index >= 15 is 0 Å². The molecule has 1 atom stereocenters. The first-order valence-corrected chi connectivity index (χ1v) is 10.4. The Morgan fingerprint density at radius 1 is 1.07 bits per heavy atom. The zero-order valence-electron chi connectivity index (χ0n) is 16.4. The molecule has 6 heteroatoms. The largest absolute Gasteiger partial charge is 0.411 e. The third kappa shape index (κ3) is 5.45. The summed E-state index contributed by atoms with van der Waals surface area (Å²) >= 11 is 1.25. The molecule has 0 spiro atoms. The summed E-state index contributed by atoms with van der Waals surface area (Å²) in [4.78, 5) is 12.5. The van der Waals surface area contributed by atoms with Crippen LogP contribution in [0, 0.1) is 12.8 Å². The molecule has 1 heterocycles. The third-order valence-corrected chi connectivity index (χ3v) is 5.17. The van der Waals surface area contributed by atoms with Gasteiger partial charge in [0.05, 0.1) is 11.8 Å². The van der Waals surface area contributed by atoms with Gasteiger partial charge in [0.1, 0.15) is 0 Å². The molecule has 0 aliphatic rings. The summed E-state index contributed by atoms with van der Waals surface area (Å²) in [5.74, 6) is 1.14. The van der Waals surface area contributed by atoms with E-state index in [4.69, 9.17) is 4.42 Å². The lowest BCUT2D eigenvalue weighted by atomic mass is 9.97. The number of benzene rings is 2. The molecule has 1 amide bonds. The van der Waals surface area contributed by atoms with Crippen LogP contribution in [0.1, 0.15) is 37.4 Å². The maximum atomic E-state index is 12.5. The highest BCUT2D eigenvalue weighted by atomic mass is 32.2. The van der Waals surface area contributed by atoms with Gasteiger partial charge in [-0.05, 0) is 36.5 Å². The Hall–Kier alpha value is -2.60. The highest BCUT2D eigenvalue weighted by Crippen LogP contribution is 2.26. The number of hydrogen-bond donors (Lipinski definition) is 1. The normalized spacial score (nSPS) is 12.1.